The van der Waals surface area contributed by atoms with E-state index in [9.17, 15) is 20.1 Å². The van der Waals surface area contributed by atoms with Gasteiger partial charge in [0.15, 0.2) is 0 Å². The zero-order chi connectivity index (χ0) is 20.8. The SMILES string of the molecule is CC/C=C\C/C=C\C/C=C\C[C@H](O)/C=C/[C@@H](O)[C@H]1C[C@@H](O)[C@@H](CCC(=O)O)O1. The predicted octanol–water partition coefficient (Wildman–Crippen LogP) is 2.90. The van der Waals surface area contributed by atoms with E-state index in [1.54, 1.807) is 0 Å². The number of aliphatic hydroxyl groups excluding tert-OH is 3. The molecule has 0 spiro atoms. The molecule has 6 nitrogen and oxygen atoms in total. The van der Waals surface area contributed by atoms with Crippen LogP contribution in [0.4, 0.5) is 0 Å². The Kier molecular flexibility index (Phi) is 12.4. The average molecular weight is 395 g/mol. The average Bonchev–Trinajstić information content (AvgIpc) is 3.04. The van der Waals surface area contributed by atoms with E-state index in [1.807, 2.05) is 12.2 Å². The third-order valence-corrected chi connectivity index (χ3v) is 4.46. The molecule has 0 amide bonds. The Labute approximate surface area is 167 Å². The molecule has 4 N–H and O–H groups in total. The Balaban J connectivity index is 2.28. The molecule has 158 valence electrons. The third kappa shape index (κ3) is 10.6. The summed E-state index contributed by atoms with van der Waals surface area (Å²) < 4.78 is 5.56. The van der Waals surface area contributed by atoms with Crippen LogP contribution in [-0.4, -0.2) is 56.9 Å². The molecule has 0 saturated carbocycles. The van der Waals surface area contributed by atoms with Crippen molar-refractivity contribution in [2.45, 2.75) is 82.4 Å². The highest BCUT2D eigenvalue weighted by Gasteiger charge is 2.36. The summed E-state index contributed by atoms with van der Waals surface area (Å²) in [6.45, 7) is 2.10. The number of hydrogen-bond donors (Lipinski definition) is 4. The van der Waals surface area contributed by atoms with Gasteiger partial charge in [-0.3, -0.25) is 4.79 Å². The molecule has 1 fully saturated rings. The van der Waals surface area contributed by atoms with E-state index in [0.29, 0.717) is 6.42 Å². The molecule has 0 aliphatic carbocycles. The molecule has 1 rings (SSSR count). The number of carboxylic acid groups (broad SMARTS) is 1. The van der Waals surface area contributed by atoms with E-state index in [4.69, 9.17) is 9.84 Å². The molecule has 0 unspecified atom stereocenters. The second-order valence-electron chi connectivity index (χ2n) is 6.92. The van der Waals surface area contributed by atoms with Crippen molar-refractivity contribution in [1.82, 2.24) is 0 Å². The van der Waals surface area contributed by atoms with Crippen molar-refractivity contribution in [3.63, 3.8) is 0 Å². The Bertz CT molecular complexity index is 551. The zero-order valence-corrected chi connectivity index (χ0v) is 16.6. The topological polar surface area (TPSA) is 107 Å². The lowest BCUT2D eigenvalue weighted by Gasteiger charge is -2.16. The number of allylic oxidation sites excluding steroid dienone is 5. The number of carboxylic acids is 1. The maximum absolute atomic E-state index is 10.6. The van der Waals surface area contributed by atoms with Crippen LogP contribution < -0.4 is 0 Å². The summed E-state index contributed by atoms with van der Waals surface area (Å²) in [7, 11) is 0. The van der Waals surface area contributed by atoms with Gasteiger partial charge < -0.3 is 25.2 Å². The highest BCUT2D eigenvalue weighted by Crippen LogP contribution is 2.26. The van der Waals surface area contributed by atoms with Crippen molar-refractivity contribution < 1.29 is 30.0 Å². The molecule has 0 aromatic rings. The van der Waals surface area contributed by atoms with Crippen LogP contribution in [0.5, 0.6) is 0 Å². The van der Waals surface area contributed by atoms with Crippen molar-refractivity contribution in [1.29, 1.82) is 0 Å². The molecule has 0 aromatic carbocycles. The van der Waals surface area contributed by atoms with Gasteiger partial charge in [-0.25, -0.2) is 0 Å². The Morgan fingerprint density at radius 2 is 1.71 bits per heavy atom. The maximum atomic E-state index is 10.6. The number of rotatable bonds is 13. The van der Waals surface area contributed by atoms with E-state index in [2.05, 4.69) is 31.2 Å². The molecule has 0 aromatic heterocycles. The lowest BCUT2D eigenvalue weighted by atomic mass is 10.0. The molecule has 1 saturated heterocycles. The monoisotopic (exact) mass is 394 g/mol. The van der Waals surface area contributed by atoms with Crippen LogP contribution in [0.15, 0.2) is 48.6 Å². The van der Waals surface area contributed by atoms with Gasteiger partial charge >= 0.3 is 5.97 Å². The van der Waals surface area contributed by atoms with Gasteiger partial charge in [0, 0.05) is 12.8 Å². The second-order valence-corrected chi connectivity index (χ2v) is 6.92. The van der Waals surface area contributed by atoms with Crippen molar-refractivity contribution in [3.05, 3.63) is 48.6 Å². The molecule has 5 atom stereocenters. The quantitative estimate of drug-likeness (QED) is 0.358. The minimum absolute atomic E-state index is 0.0872. The van der Waals surface area contributed by atoms with Crippen LogP contribution in [-0.2, 0) is 9.53 Å². The summed E-state index contributed by atoms with van der Waals surface area (Å²) in [5, 5.41) is 38.7. The van der Waals surface area contributed by atoms with Crippen LogP contribution in [0.25, 0.3) is 0 Å². The van der Waals surface area contributed by atoms with Gasteiger partial charge in [0.25, 0.3) is 0 Å². The Morgan fingerprint density at radius 3 is 2.36 bits per heavy atom. The molecule has 6 heteroatoms. The van der Waals surface area contributed by atoms with Crippen molar-refractivity contribution in [2.75, 3.05) is 0 Å². The summed E-state index contributed by atoms with van der Waals surface area (Å²) in [6.07, 6.45) is 15.3. The van der Waals surface area contributed by atoms with Crippen molar-refractivity contribution in [2.24, 2.45) is 0 Å². The number of carbonyl (C=O) groups is 1. The summed E-state index contributed by atoms with van der Waals surface area (Å²) >= 11 is 0. The molecular formula is C22H34O6. The fourth-order valence-electron chi connectivity index (χ4n) is 2.90. The minimum Gasteiger partial charge on any atom is -0.481 e. The summed E-state index contributed by atoms with van der Waals surface area (Å²) in [5.41, 5.74) is 0. The molecule has 1 aliphatic heterocycles. The van der Waals surface area contributed by atoms with Gasteiger partial charge in [0.05, 0.1) is 30.5 Å². The van der Waals surface area contributed by atoms with Gasteiger partial charge in [-0.05, 0) is 32.1 Å². The van der Waals surface area contributed by atoms with Gasteiger partial charge in [-0.15, -0.1) is 0 Å². The van der Waals surface area contributed by atoms with Crippen LogP contribution in [0.3, 0.4) is 0 Å². The second kappa shape index (κ2) is 14.3. The predicted molar refractivity (Wildman–Crippen MR) is 109 cm³/mol. The maximum Gasteiger partial charge on any atom is 0.303 e. The molecule has 1 aliphatic rings. The normalized spacial score (nSPS) is 25.5. The number of ether oxygens (including phenoxy) is 1. The fraction of sp³-hybridized carbons (Fsp3) is 0.591. The van der Waals surface area contributed by atoms with Gasteiger partial charge in [-0.2, -0.15) is 0 Å². The van der Waals surface area contributed by atoms with E-state index in [1.165, 1.54) is 12.2 Å². The zero-order valence-electron chi connectivity index (χ0n) is 16.6. The molecule has 0 radical (unpaired) electrons. The summed E-state index contributed by atoms with van der Waals surface area (Å²) in [5.74, 6) is -0.945. The van der Waals surface area contributed by atoms with Gasteiger partial charge in [0.2, 0.25) is 0 Å². The number of aliphatic hydroxyl groups is 3. The first-order valence-corrected chi connectivity index (χ1v) is 9.98. The Morgan fingerprint density at radius 1 is 1.07 bits per heavy atom. The summed E-state index contributed by atoms with van der Waals surface area (Å²) in [4.78, 5) is 10.6. The van der Waals surface area contributed by atoms with Crippen LogP contribution in [0, 0.1) is 0 Å². The van der Waals surface area contributed by atoms with Crippen LogP contribution in [0.2, 0.25) is 0 Å². The fourth-order valence-corrected chi connectivity index (χ4v) is 2.90. The first kappa shape index (κ1) is 24.3. The lowest BCUT2D eigenvalue weighted by molar-refractivity contribution is -0.138. The van der Waals surface area contributed by atoms with Crippen LogP contribution in [0.1, 0.15) is 51.9 Å². The Hall–Kier alpha value is -1.73. The van der Waals surface area contributed by atoms with Crippen molar-refractivity contribution in [3.8, 4) is 0 Å². The molecular weight excluding hydrogens is 360 g/mol. The third-order valence-electron chi connectivity index (χ3n) is 4.46. The van der Waals surface area contributed by atoms with Gasteiger partial charge in [0.1, 0.15) is 0 Å². The first-order chi connectivity index (χ1) is 13.4. The van der Waals surface area contributed by atoms with E-state index < -0.39 is 36.5 Å². The lowest BCUT2D eigenvalue weighted by Crippen LogP contribution is -2.25. The minimum atomic E-state index is -0.956. The standard InChI is InChI=1S/C22H34O6/c1-2-3-4-5-6-7-8-9-10-11-17(23)12-13-18(24)21-16-19(25)20(28-21)14-15-22(26)27/h3-4,6-7,9-10,12-13,17-21,23-25H,2,5,8,11,14-16H2,1H3,(H,26,27)/b4-3-,7-6-,10-9-,13-12+/t17-,18+,19+,20+,21+/m0/s1. The molecule has 1 heterocycles. The molecule has 28 heavy (non-hydrogen) atoms. The number of aliphatic carboxylic acids is 1. The largest absolute Gasteiger partial charge is 0.481 e. The molecule has 0 bridgehead atoms. The number of hydrogen-bond acceptors (Lipinski definition) is 5. The van der Waals surface area contributed by atoms with E-state index in [0.717, 1.165) is 19.3 Å². The highest BCUT2D eigenvalue weighted by molar-refractivity contribution is 5.66. The smallest absolute Gasteiger partial charge is 0.303 e. The van der Waals surface area contributed by atoms with Crippen LogP contribution >= 0.6 is 0 Å². The first-order valence-electron chi connectivity index (χ1n) is 9.98. The van der Waals surface area contributed by atoms with Crippen molar-refractivity contribution >= 4 is 5.97 Å². The van der Waals surface area contributed by atoms with E-state index in [-0.39, 0.29) is 19.3 Å². The summed E-state index contributed by atoms with van der Waals surface area (Å²) in [6, 6.07) is 0. The van der Waals surface area contributed by atoms with E-state index >= 15 is 0 Å². The highest BCUT2D eigenvalue weighted by atomic mass is 16.5. The van der Waals surface area contributed by atoms with Gasteiger partial charge in [-0.1, -0.05) is 55.5 Å².